The number of amides is 1. The van der Waals surface area contributed by atoms with Gasteiger partial charge in [0.2, 0.25) is 5.91 Å². The van der Waals surface area contributed by atoms with Gasteiger partial charge in [-0.3, -0.25) is 14.2 Å². The van der Waals surface area contributed by atoms with Gasteiger partial charge >= 0.3 is 4.87 Å². The zero-order chi connectivity index (χ0) is 24.3. The molecule has 2 saturated carbocycles. The van der Waals surface area contributed by atoms with E-state index in [1.807, 2.05) is 25.9 Å². The van der Waals surface area contributed by atoms with Crippen LogP contribution in [0.2, 0.25) is 0 Å². The highest BCUT2D eigenvalue weighted by Crippen LogP contribution is 2.64. The monoisotopic (exact) mass is 507 g/mol. The van der Waals surface area contributed by atoms with E-state index in [0.29, 0.717) is 28.7 Å². The van der Waals surface area contributed by atoms with Crippen molar-refractivity contribution < 1.29 is 9.90 Å². The summed E-state index contributed by atoms with van der Waals surface area (Å²) in [6.07, 6.45) is 3.85. The summed E-state index contributed by atoms with van der Waals surface area (Å²) in [6, 6.07) is 15.2. The largest absolute Gasteiger partial charge is 0.508 e. The summed E-state index contributed by atoms with van der Waals surface area (Å²) in [5, 5.41) is 13.8. The van der Waals surface area contributed by atoms with Crippen molar-refractivity contribution in [3.63, 3.8) is 0 Å². The van der Waals surface area contributed by atoms with E-state index < -0.39 is 0 Å². The Kier molecular flexibility index (Phi) is 5.68. The predicted octanol–water partition coefficient (Wildman–Crippen LogP) is 4.97. The lowest BCUT2D eigenvalue weighted by Crippen LogP contribution is -2.34. The standard InChI is InChI=1S/C27H29N3O3S2/c1-29(2)19-9-5-15(6-10-19)22-23-16-3-4-17(13-16)24(23)34-26-25(22)35-27(33)30(26)14-21(32)28-18-7-11-20(31)12-8-18/h5-12,16-17,22-24,31H,3-4,13-14H2,1-2H3,(H,28,32)/t16?,17?,22-,23?,24?/m0/s1. The third-order valence-corrected chi connectivity index (χ3v) is 10.7. The van der Waals surface area contributed by atoms with Crippen LogP contribution in [0.25, 0.3) is 0 Å². The number of carbonyl (C=O) groups is 1. The van der Waals surface area contributed by atoms with E-state index in [1.165, 1.54) is 54.0 Å². The van der Waals surface area contributed by atoms with Gasteiger partial charge in [-0.05, 0) is 79.0 Å². The Bertz CT molecular complexity index is 1310. The maximum absolute atomic E-state index is 13.2. The Balaban J connectivity index is 1.35. The molecule has 6 nitrogen and oxygen atoms in total. The van der Waals surface area contributed by atoms with Crippen LogP contribution in [0, 0.1) is 17.8 Å². The maximum atomic E-state index is 13.2. The molecule has 6 rings (SSSR count). The molecule has 3 aromatic rings. The Labute approximate surface area is 213 Å². The topological polar surface area (TPSA) is 74.6 Å². The number of hydrogen-bond donors (Lipinski definition) is 2. The van der Waals surface area contributed by atoms with Crippen LogP contribution in [-0.4, -0.2) is 34.9 Å². The number of benzene rings is 2. The zero-order valence-electron chi connectivity index (χ0n) is 19.8. The second-order valence-corrected chi connectivity index (χ2v) is 12.3. The van der Waals surface area contributed by atoms with Crippen LogP contribution >= 0.6 is 23.1 Å². The number of fused-ring (bicyclic) bond motifs is 6. The Morgan fingerprint density at radius 2 is 1.80 bits per heavy atom. The fourth-order valence-electron chi connectivity index (χ4n) is 6.33. The molecular weight excluding hydrogens is 478 g/mol. The minimum absolute atomic E-state index is 0.00366. The summed E-state index contributed by atoms with van der Waals surface area (Å²) in [6.45, 7) is -0.00366. The summed E-state index contributed by atoms with van der Waals surface area (Å²) in [7, 11) is 4.09. The van der Waals surface area contributed by atoms with Crippen molar-refractivity contribution in [2.45, 2.75) is 42.0 Å². The number of phenols is 1. The van der Waals surface area contributed by atoms with Crippen LogP contribution in [0.5, 0.6) is 5.75 Å². The number of nitrogens with zero attached hydrogens (tertiary/aromatic N) is 2. The summed E-state index contributed by atoms with van der Waals surface area (Å²) in [5.41, 5.74) is 3.05. The van der Waals surface area contributed by atoms with Crippen molar-refractivity contribution in [3.8, 4) is 5.75 Å². The molecule has 1 aliphatic heterocycles. The summed E-state index contributed by atoms with van der Waals surface area (Å²) in [4.78, 5) is 29.2. The Morgan fingerprint density at radius 3 is 2.51 bits per heavy atom. The number of nitrogens with one attached hydrogen (secondary N) is 1. The molecule has 2 aromatic carbocycles. The summed E-state index contributed by atoms with van der Waals surface area (Å²) >= 11 is 3.17. The predicted molar refractivity (Wildman–Crippen MR) is 142 cm³/mol. The fraction of sp³-hybridized carbons (Fsp3) is 0.407. The average molecular weight is 508 g/mol. The fourth-order valence-corrected chi connectivity index (χ4v) is 9.48. The molecule has 35 heavy (non-hydrogen) atoms. The van der Waals surface area contributed by atoms with Gasteiger partial charge in [-0.15, -0.1) is 11.8 Å². The molecule has 1 amide bonds. The first-order chi connectivity index (χ1) is 16.9. The lowest BCUT2D eigenvalue weighted by atomic mass is 9.75. The third kappa shape index (κ3) is 3.96. The van der Waals surface area contributed by atoms with Crippen molar-refractivity contribution in [1.29, 1.82) is 0 Å². The molecule has 0 radical (unpaired) electrons. The van der Waals surface area contributed by atoms with Crippen LogP contribution < -0.4 is 15.1 Å². The van der Waals surface area contributed by atoms with Gasteiger partial charge in [-0.1, -0.05) is 23.5 Å². The van der Waals surface area contributed by atoms with E-state index in [4.69, 9.17) is 0 Å². The van der Waals surface area contributed by atoms with Gasteiger partial charge in [0, 0.05) is 41.5 Å². The minimum atomic E-state index is -0.235. The van der Waals surface area contributed by atoms with E-state index in [-0.39, 0.29) is 29.0 Å². The van der Waals surface area contributed by atoms with Crippen molar-refractivity contribution in [3.05, 3.63) is 68.6 Å². The zero-order valence-corrected chi connectivity index (χ0v) is 21.4. The van der Waals surface area contributed by atoms with Gasteiger partial charge in [0.05, 0.1) is 5.03 Å². The number of thiazole rings is 1. The number of aromatic nitrogens is 1. The van der Waals surface area contributed by atoms with Gasteiger partial charge in [0.15, 0.2) is 0 Å². The molecule has 2 heterocycles. The minimum Gasteiger partial charge on any atom is -0.508 e. The molecule has 2 fully saturated rings. The highest BCUT2D eigenvalue weighted by Gasteiger charge is 2.55. The van der Waals surface area contributed by atoms with E-state index >= 15 is 0 Å². The van der Waals surface area contributed by atoms with Gasteiger partial charge in [0.1, 0.15) is 12.3 Å². The molecule has 2 bridgehead atoms. The van der Waals surface area contributed by atoms with Crippen molar-refractivity contribution in [2.24, 2.45) is 17.8 Å². The second kappa shape index (κ2) is 8.75. The smallest absolute Gasteiger partial charge is 0.308 e. The van der Waals surface area contributed by atoms with Crippen LogP contribution in [-0.2, 0) is 11.3 Å². The number of rotatable bonds is 5. The van der Waals surface area contributed by atoms with Crippen LogP contribution in [0.3, 0.4) is 0 Å². The van der Waals surface area contributed by atoms with Crippen molar-refractivity contribution >= 4 is 40.4 Å². The molecule has 2 N–H and O–H groups in total. The molecule has 0 saturated heterocycles. The van der Waals surface area contributed by atoms with Gasteiger partial charge < -0.3 is 15.3 Å². The molecule has 8 heteroatoms. The lowest BCUT2D eigenvalue weighted by Gasteiger charge is -2.40. The SMILES string of the molecule is CN(C)c1ccc([C@@H]2c3sc(=O)n(CC(=O)Nc4ccc(O)cc4)c3SC3C4CCC(C4)C32)cc1. The van der Waals surface area contributed by atoms with Crippen molar-refractivity contribution in [2.75, 3.05) is 24.3 Å². The van der Waals surface area contributed by atoms with E-state index in [9.17, 15) is 14.7 Å². The third-order valence-electron chi connectivity index (χ3n) is 7.91. The molecule has 0 spiro atoms. The first-order valence-electron chi connectivity index (χ1n) is 12.2. The Morgan fingerprint density at radius 1 is 1.09 bits per heavy atom. The molecule has 182 valence electrons. The highest BCUT2D eigenvalue weighted by atomic mass is 32.2. The molecule has 2 aliphatic carbocycles. The number of hydrogen-bond acceptors (Lipinski definition) is 6. The average Bonchev–Trinajstić information content (AvgIpc) is 3.54. The first-order valence-corrected chi connectivity index (χ1v) is 13.8. The van der Waals surface area contributed by atoms with Crippen LogP contribution in [0.15, 0.2) is 58.4 Å². The van der Waals surface area contributed by atoms with Crippen LogP contribution in [0.4, 0.5) is 11.4 Å². The lowest BCUT2D eigenvalue weighted by molar-refractivity contribution is -0.116. The van der Waals surface area contributed by atoms with E-state index in [1.54, 1.807) is 16.7 Å². The van der Waals surface area contributed by atoms with E-state index in [2.05, 4.69) is 34.5 Å². The van der Waals surface area contributed by atoms with Crippen molar-refractivity contribution in [1.82, 2.24) is 4.57 Å². The number of aromatic hydroxyl groups is 1. The number of carbonyl (C=O) groups excluding carboxylic acids is 1. The van der Waals surface area contributed by atoms with Gasteiger partial charge in [-0.25, -0.2) is 0 Å². The molecule has 3 aliphatic rings. The number of anilines is 2. The van der Waals surface area contributed by atoms with Gasteiger partial charge in [0.25, 0.3) is 0 Å². The van der Waals surface area contributed by atoms with Gasteiger partial charge in [-0.2, -0.15) is 0 Å². The van der Waals surface area contributed by atoms with E-state index in [0.717, 1.165) is 9.90 Å². The maximum Gasteiger partial charge on any atom is 0.308 e. The second-order valence-electron chi connectivity index (χ2n) is 10.2. The quantitative estimate of drug-likeness (QED) is 0.477. The number of thioether (sulfide) groups is 1. The van der Waals surface area contributed by atoms with Crippen LogP contribution in [0.1, 0.15) is 35.6 Å². The number of phenolic OH excluding ortho intramolecular Hbond substituents is 1. The normalized spacial score (nSPS) is 26.3. The highest BCUT2D eigenvalue weighted by molar-refractivity contribution is 8.00. The summed E-state index contributed by atoms with van der Waals surface area (Å²) in [5.74, 6) is 2.08. The molecular formula is C27H29N3O3S2. The molecule has 1 aromatic heterocycles. The summed E-state index contributed by atoms with van der Waals surface area (Å²) < 4.78 is 1.68. The Hall–Kier alpha value is -2.71. The first kappa shape index (κ1) is 22.7. The molecule has 5 atom stereocenters. The molecule has 4 unspecified atom stereocenters.